The van der Waals surface area contributed by atoms with E-state index in [-0.39, 0.29) is 12.5 Å². The van der Waals surface area contributed by atoms with E-state index in [1.165, 1.54) is 0 Å². The molecule has 0 bridgehead atoms. The Morgan fingerprint density at radius 1 is 1.00 bits per heavy atom. The van der Waals surface area contributed by atoms with Crippen LogP contribution >= 0.6 is 11.6 Å². The van der Waals surface area contributed by atoms with Gasteiger partial charge in [0.1, 0.15) is 23.2 Å². The van der Waals surface area contributed by atoms with Crippen molar-refractivity contribution in [1.82, 2.24) is 9.97 Å². The largest absolute Gasteiger partial charge is 0.484 e. The van der Waals surface area contributed by atoms with Gasteiger partial charge in [-0.1, -0.05) is 11.6 Å². The SMILES string of the molecule is CCN(CC)c1cc(Nc2ccc(NC(=O)COc3ccc(Cl)cc3)cc2)nc(C)n1. The molecule has 0 aliphatic heterocycles. The minimum absolute atomic E-state index is 0.0873. The van der Waals surface area contributed by atoms with Gasteiger partial charge in [0.2, 0.25) is 0 Å². The molecule has 3 aromatic rings. The predicted octanol–water partition coefficient (Wildman–Crippen LogP) is 5.05. The highest BCUT2D eigenvalue weighted by Gasteiger charge is 2.08. The van der Waals surface area contributed by atoms with Crippen LogP contribution in [0.15, 0.2) is 54.6 Å². The fourth-order valence-electron chi connectivity index (χ4n) is 2.99. The number of carbonyl (C=O) groups excluding carboxylic acids is 1. The maximum atomic E-state index is 12.1. The summed E-state index contributed by atoms with van der Waals surface area (Å²) in [6.45, 7) is 7.74. The molecular formula is C23H26ClN5O2. The van der Waals surface area contributed by atoms with Crippen LogP contribution in [-0.4, -0.2) is 35.6 Å². The summed E-state index contributed by atoms with van der Waals surface area (Å²) in [7, 11) is 0. The number of carbonyl (C=O) groups is 1. The van der Waals surface area contributed by atoms with Crippen molar-refractivity contribution in [2.75, 3.05) is 35.2 Å². The van der Waals surface area contributed by atoms with Crippen LogP contribution < -0.4 is 20.3 Å². The number of hydrogen-bond acceptors (Lipinski definition) is 6. The average Bonchev–Trinajstić information content (AvgIpc) is 2.75. The molecule has 0 aliphatic rings. The molecule has 1 amide bonds. The van der Waals surface area contributed by atoms with Crippen LogP contribution in [-0.2, 0) is 4.79 Å². The van der Waals surface area contributed by atoms with Crippen molar-refractivity contribution in [3.05, 3.63) is 65.4 Å². The number of benzene rings is 2. The van der Waals surface area contributed by atoms with Gasteiger partial charge >= 0.3 is 0 Å². The summed E-state index contributed by atoms with van der Waals surface area (Å²) in [6, 6.07) is 16.2. The number of aryl methyl sites for hydroxylation is 1. The first-order valence-electron chi connectivity index (χ1n) is 10.1. The number of hydrogen-bond donors (Lipinski definition) is 2. The number of nitrogens with zero attached hydrogens (tertiary/aromatic N) is 3. The third-order valence-electron chi connectivity index (χ3n) is 4.54. The second-order valence-electron chi connectivity index (χ2n) is 6.82. The van der Waals surface area contributed by atoms with Crippen molar-refractivity contribution in [2.24, 2.45) is 0 Å². The fraction of sp³-hybridized carbons (Fsp3) is 0.261. The van der Waals surface area contributed by atoms with E-state index < -0.39 is 0 Å². The van der Waals surface area contributed by atoms with Gasteiger partial charge < -0.3 is 20.3 Å². The van der Waals surface area contributed by atoms with Gasteiger partial charge in [0, 0.05) is 35.6 Å². The van der Waals surface area contributed by atoms with Crippen molar-refractivity contribution in [2.45, 2.75) is 20.8 Å². The van der Waals surface area contributed by atoms with E-state index in [4.69, 9.17) is 16.3 Å². The van der Waals surface area contributed by atoms with Crippen LogP contribution in [0.2, 0.25) is 5.02 Å². The lowest BCUT2D eigenvalue weighted by Gasteiger charge is -2.20. The van der Waals surface area contributed by atoms with Crippen molar-refractivity contribution in [1.29, 1.82) is 0 Å². The lowest BCUT2D eigenvalue weighted by molar-refractivity contribution is -0.118. The quantitative estimate of drug-likeness (QED) is 0.486. The van der Waals surface area contributed by atoms with E-state index >= 15 is 0 Å². The zero-order chi connectivity index (χ0) is 22.2. The monoisotopic (exact) mass is 439 g/mol. The average molecular weight is 440 g/mol. The van der Waals surface area contributed by atoms with E-state index in [2.05, 4.69) is 39.3 Å². The molecule has 0 saturated carbocycles. The molecule has 1 heterocycles. The molecule has 31 heavy (non-hydrogen) atoms. The minimum atomic E-state index is -0.244. The Hall–Kier alpha value is -3.32. The van der Waals surface area contributed by atoms with Gasteiger partial charge in [0.15, 0.2) is 6.61 Å². The Kier molecular flexibility index (Phi) is 7.67. The van der Waals surface area contributed by atoms with E-state index in [1.54, 1.807) is 24.3 Å². The van der Waals surface area contributed by atoms with Crippen LogP contribution in [0.4, 0.5) is 23.0 Å². The lowest BCUT2D eigenvalue weighted by atomic mass is 10.2. The van der Waals surface area contributed by atoms with Crippen LogP contribution in [0.25, 0.3) is 0 Å². The van der Waals surface area contributed by atoms with Gasteiger partial charge in [-0.05, 0) is 69.3 Å². The van der Waals surface area contributed by atoms with Crippen LogP contribution in [0.3, 0.4) is 0 Å². The smallest absolute Gasteiger partial charge is 0.262 e. The second kappa shape index (κ2) is 10.6. The molecule has 0 radical (unpaired) electrons. The summed E-state index contributed by atoms with van der Waals surface area (Å²) in [5.74, 6) is 2.66. The first kappa shape index (κ1) is 22.4. The molecule has 1 aromatic heterocycles. The Labute approximate surface area is 187 Å². The van der Waals surface area contributed by atoms with Crippen molar-refractivity contribution < 1.29 is 9.53 Å². The first-order valence-corrected chi connectivity index (χ1v) is 10.5. The summed E-state index contributed by atoms with van der Waals surface area (Å²) in [5, 5.41) is 6.72. The Bertz CT molecular complexity index is 1010. The number of rotatable bonds is 9. The van der Waals surface area contributed by atoms with Crippen molar-refractivity contribution in [3.8, 4) is 5.75 Å². The fourth-order valence-corrected chi connectivity index (χ4v) is 3.11. The van der Waals surface area contributed by atoms with Crippen molar-refractivity contribution in [3.63, 3.8) is 0 Å². The van der Waals surface area contributed by atoms with Crippen molar-refractivity contribution >= 4 is 40.5 Å². The van der Waals surface area contributed by atoms with Gasteiger partial charge in [-0.25, -0.2) is 9.97 Å². The maximum Gasteiger partial charge on any atom is 0.262 e. The highest BCUT2D eigenvalue weighted by Crippen LogP contribution is 2.21. The third-order valence-corrected chi connectivity index (χ3v) is 4.79. The topological polar surface area (TPSA) is 79.4 Å². The highest BCUT2D eigenvalue weighted by atomic mass is 35.5. The van der Waals surface area contributed by atoms with Gasteiger partial charge in [-0.2, -0.15) is 0 Å². The maximum absolute atomic E-state index is 12.1. The standard InChI is InChI=1S/C23H26ClN5O2/c1-4-29(5-2)22-14-21(25-16(3)26-22)27-18-8-10-19(11-9-18)28-23(30)15-31-20-12-6-17(24)7-13-20/h6-14H,4-5,15H2,1-3H3,(H,28,30)(H,25,26,27). The third kappa shape index (κ3) is 6.58. The molecule has 0 aliphatic carbocycles. The summed E-state index contributed by atoms with van der Waals surface area (Å²) in [4.78, 5) is 23.3. The van der Waals surface area contributed by atoms with Gasteiger partial charge in [0.05, 0.1) is 0 Å². The summed E-state index contributed by atoms with van der Waals surface area (Å²) >= 11 is 5.84. The minimum Gasteiger partial charge on any atom is -0.484 e. The van der Waals surface area contributed by atoms with Gasteiger partial charge in [-0.3, -0.25) is 4.79 Å². The van der Waals surface area contributed by atoms with Gasteiger partial charge in [0.25, 0.3) is 5.91 Å². The number of amides is 1. The number of halogens is 1. The van der Waals surface area contributed by atoms with E-state index in [0.717, 1.165) is 30.4 Å². The van der Waals surface area contributed by atoms with Crippen LogP contribution in [0.1, 0.15) is 19.7 Å². The normalized spacial score (nSPS) is 10.5. The van der Waals surface area contributed by atoms with E-state index in [0.29, 0.717) is 22.3 Å². The van der Waals surface area contributed by atoms with Crippen LogP contribution in [0.5, 0.6) is 5.75 Å². The molecule has 0 atom stereocenters. The second-order valence-corrected chi connectivity index (χ2v) is 7.26. The summed E-state index contributed by atoms with van der Waals surface area (Å²) < 4.78 is 5.46. The lowest BCUT2D eigenvalue weighted by Crippen LogP contribution is -2.23. The van der Waals surface area contributed by atoms with Crippen LogP contribution in [0, 0.1) is 6.92 Å². The highest BCUT2D eigenvalue weighted by molar-refractivity contribution is 6.30. The molecule has 162 valence electrons. The summed E-state index contributed by atoms with van der Waals surface area (Å²) in [6.07, 6.45) is 0. The van der Waals surface area contributed by atoms with E-state index in [1.807, 2.05) is 37.3 Å². The number of ether oxygens (including phenoxy) is 1. The predicted molar refractivity (Wildman–Crippen MR) is 126 cm³/mol. The van der Waals surface area contributed by atoms with E-state index in [9.17, 15) is 4.79 Å². The Morgan fingerprint density at radius 3 is 2.29 bits per heavy atom. The molecule has 3 rings (SSSR count). The molecule has 8 heteroatoms. The Morgan fingerprint density at radius 2 is 1.65 bits per heavy atom. The molecule has 2 aromatic carbocycles. The molecule has 0 spiro atoms. The molecule has 7 nitrogen and oxygen atoms in total. The molecule has 0 fully saturated rings. The Balaban J connectivity index is 1.57. The molecule has 0 unspecified atom stereocenters. The zero-order valence-corrected chi connectivity index (χ0v) is 18.6. The zero-order valence-electron chi connectivity index (χ0n) is 17.9. The van der Waals surface area contributed by atoms with Gasteiger partial charge in [-0.15, -0.1) is 0 Å². The molecule has 2 N–H and O–H groups in total. The molecular weight excluding hydrogens is 414 g/mol. The first-order chi connectivity index (χ1) is 15.0. The number of anilines is 4. The summed E-state index contributed by atoms with van der Waals surface area (Å²) in [5.41, 5.74) is 1.54. The number of aromatic nitrogens is 2. The molecule has 0 saturated heterocycles. The number of nitrogens with one attached hydrogen (secondary N) is 2.